The van der Waals surface area contributed by atoms with E-state index in [2.05, 4.69) is 4.98 Å². The van der Waals surface area contributed by atoms with Gasteiger partial charge in [-0.3, -0.25) is 0 Å². The molecule has 1 unspecified atom stereocenters. The van der Waals surface area contributed by atoms with Gasteiger partial charge in [0.2, 0.25) is 6.29 Å². The van der Waals surface area contributed by atoms with E-state index in [4.69, 9.17) is 13.9 Å². The first-order valence-corrected chi connectivity index (χ1v) is 7.20. The second-order valence-corrected chi connectivity index (χ2v) is 4.90. The van der Waals surface area contributed by atoms with Gasteiger partial charge in [0.25, 0.3) is 0 Å². The quantitative estimate of drug-likeness (QED) is 0.576. The lowest BCUT2D eigenvalue weighted by atomic mass is 10.2. The number of H-pyrrole nitrogens is 1. The third-order valence-corrected chi connectivity index (χ3v) is 3.28. The molecule has 23 heavy (non-hydrogen) atoms. The van der Waals surface area contributed by atoms with Crippen LogP contribution in [-0.2, 0) is 9.47 Å². The number of fused-ring (bicyclic) bond motifs is 1. The van der Waals surface area contributed by atoms with Crippen LogP contribution in [0.2, 0.25) is 0 Å². The van der Waals surface area contributed by atoms with E-state index in [0.29, 0.717) is 23.1 Å². The van der Waals surface area contributed by atoms with Crippen LogP contribution in [0.4, 0.5) is 0 Å². The number of benzene rings is 1. The van der Waals surface area contributed by atoms with Crippen molar-refractivity contribution in [2.45, 2.75) is 19.6 Å². The monoisotopic (exact) mass is 313 g/mol. The summed E-state index contributed by atoms with van der Waals surface area (Å²) in [6.07, 6.45) is 0.915. The molecule has 0 saturated heterocycles. The summed E-state index contributed by atoms with van der Waals surface area (Å²) in [6.45, 7) is 1.76. The van der Waals surface area contributed by atoms with Gasteiger partial charge < -0.3 is 18.9 Å². The smallest absolute Gasteiger partial charge is 0.357 e. The molecule has 0 bridgehead atoms. The van der Waals surface area contributed by atoms with Crippen LogP contribution in [0.25, 0.3) is 11.1 Å². The largest absolute Gasteiger partial charge is 0.463 e. The number of furan rings is 1. The van der Waals surface area contributed by atoms with Crippen molar-refractivity contribution in [3.8, 4) is 0 Å². The van der Waals surface area contributed by atoms with Crippen LogP contribution in [0.1, 0.15) is 34.2 Å². The van der Waals surface area contributed by atoms with E-state index in [-0.39, 0.29) is 5.69 Å². The summed E-state index contributed by atoms with van der Waals surface area (Å²) in [6, 6.07) is 11.8. The molecule has 2 aromatic heterocycles. The van der Waals surface area contributed by atoms with Crippen molar-refractivity contribution in [2.24, 2.45) is 0 Å². The SMILES string of the molecule is CCC(OC(=O)c1ccccc1)OC(=O)c1cc2occc2[nH]1. The van der Waals surface area contributed by atoms with E-state index in [9.17, 15) is 9.59 Å². The van der Waals surface area contributed by atoms with Gasteiger partial charge >= 0.3 is 11.9 Å². The van der Waals surface area contributed by atoms with Gasteiger partial charge in [-0.05, 0) is 12.1 Å². The minimum absolute atomic E-state index is 0.244. The Bertz CT molecular complexity index is 789. The fraction of sp³-hybridized carbons (Fsp3) is 0.176. The van der Waals surface area contributed by atoms with Gasteiger partial charge in [-0.2, -0.15) is 0 Å². The topological polar surface area (TPSA) is 81.5 Å². The first-order chi connectivity index (χ1) is 11.2. The Morgan fingerprint density at radius 2 is 1.87 bits per heavy atom. The third-order valence-electron chi connectivity index (χ3n) is 3.28. The third kappa shape index (κ3) is 3.26. The van der Waals surface area contributed by atoms with E-state index in [1.807, 2.05) is 0 Å². The number of hydrogen-bond donors (Lipinski definition) is 1. The lowest BCUT2D eigenvalue weighted by Crippen LogP contribution is -2.24. The molecule has 1 N–H and O–H groups in total. The van der Waals surface area contributed by atoms with Crippen LogP contribution >= 0.6 is 0 Å². The molecule has 118 valence electrons. The highest BCUT2D eigenvalue weighted by Gasteiger charge is 2.21. The van der Waals surface area contributed by atoms with E-state index >= 15 is 0 Å². The molecule has 1 aromatic carbocycles. The van der Waals surface area contributed by atoms with Crippen molar-refractivity contribution < 1.29 is 23.5 Å². The predicted octanol–water partition coefficient (Wildman–Crippen LogP) is 3.51. The lowest BCUT2D eigenvalue weighted by molar-refractivity contribution is -0.0809. The predicted molar refractivity (Wildman–Crippen MR) is 81.9 cm³/mol. The van der Waals surface area contributed by atoms with E-state index in [1.54, 1.807) is 49.4 Å². The molecule has 0 amide bonds. The van der Waals surface area contributed by atoms with Gasteiger partial charge in [0.05, 0.1) is 17.3 Å². The summed E-state index contributed by atoms with van der Waals surface area (Å²) in [4.78, 5) is 27.0. The minimum Gasteiger partial charge on any atom is -0.463 e. The average molecular weight is 313 g/mol. The Morgan fingerprint density at radius 1 is 1.13 bits per heavy atom. The minimum atomic E-state index is -0.954. The number of nitrogens with one attached hydrogen (secondary N) is 1. The Morgan fingerprint density at radius 3 is 2.57 bits per heavy atom. The van der Waals surface area contributed by atoms with E-state index in [1.165, 1.54) is 6.26 Å². The molecule has 0 aliphatic carbocycles. The van der Waals surface area contributed by atoms with Crippen molar-refractivity contribution in [3.05, 3.63) is 60.0 Å². The van der Waals surface area contributed by atoms with Crippen molar-refractivity contribution in [1.29, 1.82) is 0 Å². The van der Waals surface area contributed by atoms with Gasteiger partial charge in [-0.25, -0.2) is 9.59 Å². The zero-order valence-electron chi connectivity index (χ0n) is 12.4. The molecule has 0 aliphatic rings. The second kappa shape index (κ2) is 6.39. The van der Waals surface area contributed by atoms with Gasteiger partial charge in [-0.1, -0.05) is 25.1 Å². The molecule has 0 aliphatic heterocycles. The van der Waals surface area contributed by atoms with Crippen LogP contribution in [-0.4, -0.2) is 23.2 Å². The zero-order chi connectivity index (χ0) is 16.2. The van der Waals surface area contributed by atoms with Crippen LogP contribution in [0.15, 0.2) is 53.1 Å². The van der Waals surface area contributed by atoms with Crippen LogP contribution < -0.4 is 0 Å². The first kappa shape index (κ1) is 14.9. The molecule has 6 heteroatoms. The van der Waals surface area contributed by atoms with Gasteiger partial charge in [-0.15, -0.1) is 0 Å². The zero-order valence-corrected chi connectivity index (χ0v) is 12.4. The van der Waals surface area contributed by atoms with Crippen molar-refractivity contribution >= 4 is 23.0 Å². The van der Waals surface area contributed by atoms with Crippen molar-refractivity contribution in [3.63, 3.8) is 0 Å². The van der Waals surface area contributed by atoms with Crippen LogP contribution in [0.5, 0.6) is 0 Å². The molecule has 0 spiro atoms. The lowest BCUT2D eigenvalue weighted by Gasteiger charge is -2.16. The highest BCUT2D eigenvalue weighted by molar-refractivity contribution is 5.93. The molecular formula is C17H15NO5. The van der Waals surface area contributed by atoms with Gasteiger partial charge in [0.1, 0.15) is 5.69 Å². The highest BCUT2D eigenvalue weighted by Crippen LogP contribution is 2.18. The number of carbonyl (C=O) groups excluding carboxylic acids is 2. The Hall–Kier alpha value is -3.02. The highest BCUT2D eigenvalue weighted by atomic mass is 16.7. The van der Waals surface area contributed by atoms with Crippen LogP contribution in [0.3, 0.4) is 0 Å². The second-order valence-electron chi connectivity index (χ2n) is 4.90. The summed E-state index contributed by atoms with van der Waals surface area (Å²) in [5, 5.41) is 0. The summed E-state index contributed by atoms with van der Waals surface area (Å²) in [5.74, 6) is -1.14. The fourth-order valence-corrected chi connectivity index (χ4v) is 2.09. The molecule has 3 rings (SSSR count). The number of aromatic nitrogens is 1. The maximum atomic E-state index is 12.1. The molecular weight excluding hydrogens is 298 g/mol. The van der Waals surface area contributed by atoms with Crippen LogP contribution in [0, 0.1) is 0 Å². The number of rotatable bonds is 5. The number of hydrogen-bond acceptors (Lipinski definition) is 5. The Labute approximate surface area is 132 Å². The summed E-state index contributed by atoms with van der Waals surface area (Å²) in [7, 11) is 0. The number of esters is 2. The molecule has 3 aromatic rings. The van der Waals surface area contributed by atoms with Crippen molar-refractivity contribution in [1.82, 2.24) is 4.98 Å². The molecule has 0 saturated carbocycles. The normalized spacial score (nSPS) is 12.0. The summed E-state index contributed by atoms with van der Waals surface area (Å²) in [5.41, 5.74) is 1.91. The van der Waals surface area contributed by atoms with Gasteiger partial charge in [0, 0.05) is 18.6 Å². The number of ether oxygens (including phenoxy) is 2. The van der Waals surface area contributed by atoms with E-state index in [0.717, 1.165) is 0 Å². The number of carbonyl (C=O) groups is 2. The molecule has 0 fully saturated rings. The first-order valence-electron chi connectivity index (χ1n) is 7.20. The maximum Gasteiger partial charge on any atom is 0.357 e. The fourth-order valence-electron chi connectivity index (χ4n) is 2.09. The number of aromatic amines is 1. The van der Waals surface area contributed by atoms with Gasteiger partial charge in [0.15, 0.2) is 5.58 Å². The van der Waals surface area contributed by atoms with E-state index < -0.39 is 18.2 Å². The maximum absolute atomic E-state index is 12.1. The summed E-state index contributed by atoms with van der Waals surface area (Å²) >= 11 is 0. The average Bonchev–Trinajstić information content (AvgIpc) is 3.16. The summed E-state index contributed by atoms with van der Waals surface area (Å²) < 4.78 is 15.6. The standard InChI is InChI=1S/C17H15NO5/c1-2-15(22-16(19)11-6-4-3-5-7-11)23-17(20)13-10-14-12(18-13)8-9-21-14/h3-10,15,18H,2H2,1H3. The molecule has 1 atom stereocenters. The van der Waals surface area contributed by atoms with Crippen molar-refractivity contribution in [2.75, 3.05) is 0 Å². The molecule has 0 radical (unpaired) electrons. The molecule has 2 heterocycles. The molecule has 6 nitrogen and oxygen atoms in total. The Balaban J connectivity index is 1.65. The Kier molecular flexibility index (Phi) is 4.14.